The first-order valence-corrected chi connectivity index (χ1v) is 13.8. The monoisotopic (exact) mass is 553 g/mol. The van der Waals surface area contributed by atoms with Gasteiger partial charge in [-0.05, 0) is 92.0 Å². The second-order valence-corrected chi connectivity index (χ2v) is 13.0. The van der Waals surface area contributed by atoms with Crippen LogP contribution in [-0.4, -0.2) is 50.6 Å². The van der Waals surface area contributed by atoms with Gasteiger partial charge < -0.3 is 25.4 Å². The number of carbonyl (C=O) groups excluding carboxylic acids is 3. The quantitative estimate of drug-likeness (QED) is 0.363. The zero-order valence-electron chi connectivity index (χ0n) is 25.7. The fourth-order valence-corrected chi connectivity index (χ4v) is 4.24. The number of phenols is 1. The molecule has 0 aromatic heterocycles. The van der Waals surface area contributed by atoms with Gasteiger partial charge in [-0.25, -0.2) is 4.79 Å². The van der Waals surface area contributed by atoms with E-state index in [0.717, 1.165) is 11.1 Å². The topological polar surface area (TPSA) is 108 Å². The van der Waals surface area contributed by atoms with Crippen LogP contribution in [0.1, 0.15) is 91.5 Å². The number of amides is 3. The van der Waals surface area contributed by atoms with Gasteiger partial charge in [0.2, 0.25) is 11.8 Å². The van der Waals surface area contributed by atoms with Crippen molar-refractivity contribution in [1.29, 1.82) is 0 Å². The predicted octanol–water partition coefficient (Wildman–Crippen LogP) is 5.81. The summed E-state index contributed by atoms with van der Waals surface area (Å²) in [7, 11) is 0. The minimum Gasteiger partial charge on any atom is -0.508 e. The van der Waals surface area contributed by atoms with Crippen LogP contribution in [0.25, 0.3) is 0 Å². The summed E-state index contributed by atoms with van der Waals surface area (Å²) in [5.41, 5.74) is 0.365. The summed E-state index contributed by atoms with van der Waals surface area (Å²) >= 11 is 0. The number of alkyl carbamates (subject to hydrolysis) is 1. The third-order valence-corrected chi connectivity index (χ3v) is 6.52. The van der Waals surface area contributed by atoms with Crippen LogP contribution in [0, 0.1) is 6.92 Å². The van der Waals surface area contributed by atoms with Gasteiger partial charge in [0.25, 0.3) is 0 Å². The number of rotatable bonds is 9. The summed E-state index contributed by atoms with van der Waals surface area (Å²) in [6.07, 6.45) is -0.0387. The zero-order valence-corrected chi connectivity index (χ0v) is 25.7. The summed E-state index contributed by atoms with van der Waals surface area (Å²) in [4.78, 5) is 43.1. The van der Waals surface area contributed by atoms with Crippen molar-refractivity contribution < 1.29 is 24.2 Å². The Labute approximate surface area is 239 Å². The molecule has 40 heavy (non-hydrogen) atoms. The number of aryl methyl sites for hydroxylation is 1. The van der Waals surface area contributed by atoms with E-state index >= 15 is 0 Å². The minimum absolute atomic E-state index is 0.0961. The van der Waals surface area contributed by atoms with Crippen LogP contribution in [0.5, 0.6) is 5.75 Å². The Morgan fingerprint density at radius 2 is 1.45 bits per heavy atom. The lowest BCUT2D eigenvalue weighted by molar-refractivity contribution is -0.149. The molecule has 2 rings (SSSR count). The molecule has 0 saturated heterocycles. The number of carbonyl (C=O) groups is 3. The van der Waals surface area contributed by atoms with E-state index in [1.165, 1.54) is 12.1 Å². The van der Waals surface area contributed by atoms with Crippen LogP contribution < -0.4 is 10.6 Å². The molecule has 8 nitrogen and oxygen atoms in total. The second-order valence-electron chi connectivity index (χ2n) is 13.0. The number of benzene rings is 2. The van der Waals surface area contributed by atoms with E-state index in [1.807, 2.05) is 72.7 Å². The molecule has 0 fully saturated rings. The van der Waals surface area contributed by atoms with Crippen molar-refractivity contribution in [2.45, 2.75) is 111 Å². The molecule has 0 heterocycles. The maximum atomic E-state index is 14.6. The lowest BCUT2D eigenvalue weighted by atomic mass is 9.90. The van der Waals surface area contributed by atoms with Gasteiger partial charge in [-0.1, -0.05) is 48.9 Å². The van der Waals surface area contributed by atoms with Crippen LogP contribution in [0.2, 0.25) is 0 Å². The SMILES string of the molecule is CCC(C)(C)N(C(=O)C(Cc1ccc(O)cc1)NC(=O)OC(C)(C)C)C(C(=O)NC(C)(C)C)c1ccc(C)cc1. The molecular weight excluding hydrogens is 506 g/mol. The molecule has 220 valence electrons. The number of aromatic hydroxyl groups is 1. The third kappa shape index (κ3) is 9.57. The van der Waals surface area contributed by atoms with Gasteiger partial charge in [0.1, 0.15) is 23.4 Å². The Kier molecular flexibility index (Phi) is 10.4. The van der Waals surface area contributed by atoms with Crippen molar-refractivity contribution in [2.24, 2.45) is 0 Å². The van der Waals surface area contributed by atoms with E-state index < -0.39 is 40.8 Å². The molecule has 0 aliphatic carbocycles. The molecule has 0 bridgehead atoms. The van der Waals surface area contributed by atoms with Crippen molar-refractivity contribution in [1.82, 2.24) is 15.5 Å². The van der Waals surface area contributed by atoms with E-state index in [9.17, 15) is 19.5 Å². The largest absolute Gasteiger partial charge is 0.508 e. The number of phenolic OH excluding ortho intramolecular Hbond substituents is 1. The summed E-state index contributed by atoms with van der Waals surface area (Å²) in [5, 5.41) is 15.6. The Balaban J connectivity index is 2.67. The van der Waals surface area contributed by atoms with Gasteiger partial charge in [0, 0.05) is 17.5 Å². The molecular formula is C32H47N3O5. The van der Waals surface area contributed by atoms with Crippen LogP contribution in [0.3, 0.4) is 0 Å². The highest BCUT2D eigenvalue weighted by Crippen LogP contribution is 2.33. The average Bonchev–Trinajstić information content (AvgIpc) is 2.81. The first-order chi connectivity index (χ1) is 18.3. The lowest BCUT2D eigenvalue weighted by Crippen LogP contribution is -2.60. The molecule has 2 aromatic rings. The minimum atomic E-state index is -1.04. The summed E-state index contributed by atoms with van der Waals surface area (Å²) in [6, 6.07) is 12.0. The van der Waals surface area contributed by atoms with Crippen LogP contribution in [0.4, 0.5) is 4.79 Å². The molecule has 2 aromatic carbocycles. The highest BCUT2D eigenvalue weighted by Gasteiger charge is 2.43. The van der Waals surface area contributed by atoms with Crippen LogP contribution in [-0.2, 0) is 20.7 Å². The van der Waals surface area contributed by atoms with E-state index in [-0.39, 0.29) is 18.1 Å². The molecule has 0 aliphatic rings. The molecule has 0 radical (unpaired) electrons. The molecule has 0 spiro atoms. The Morgan fingerprint density at radius 3 is 1.93 bits per heavy atom. The van der Waals surface area contributed by atoms with Crippen LogP contribution >= 0.6 is 0 Å². The number of hydrogen-bond donors (Lipinski definition) is 3. The maximum Gasteiger partial charge on any atom is 0.408 e. The summed E-state index contributed by atoms with van der Waals surface area (Å²) in [5.74, 6) is -0.633. The van der Waals surface area contributed by atoms with Gasteiger partial charge in [0.05, 0.1) is 0 Å². The van der Waals surface area contributed by atoms with Gasteiger partial charge in [-0.3, -0.25) is 9.59 Å². The van der Waals surface area contributed by atoms with E-state index in [1.54, 1.807) is 37.8 Å². The van der Waals surface area contributed by atoms with Crippen molar-refractivity contribution in [2.75, 3.05) is 0 Å². The van der Waals surface area contributed by atoms with Crippen molar-refractivity contribution in [3.8, 4) is 5.75 Å². The average molecular weight is 554 g/mol. The fraction of sp³-hybridized carbons (Fsp3) is 0.531. The second kappa shape index (κ2) is 12.7. The van der Waals surface area contributed by atoms with Crippen LogP contribution in [0.15, 0.2) is 48.5 Å². The van der Waals surface area contributed by atoms with E-state index in [4.69, 9.17) is 4.74 Å². The molecule has 0 saturated carbocycles. The first kappa shape index (κ1) is 32.7. The number of nitrogens with one attached hydrogen (secondary N) is 2. The molecule has 2 unspecified atom stereocenters. The lowest BCUT2D eigenvalue weighted by Gasteiger charge is -2.45. The van der Waals surface area contributed by atoms with E-state index in [0.29, 0.717) is 12.0 Å². The Morgan fingerprint density at radius 1 is 0.900 bits per heavy atom. The fourth-order valence-electron chi connectivity index (χ4n) is 4.24. The van der Waals surface area contributed by atoms with Gasteiger partial charge in [0.15, 0.2) is 0 Å². The molecule has 3 N–H and O–H groups in total. The summed E-state index contributed by atoms with van der Waals surface area (Å²) in [6.45, 7) is 18.7. The van der Waals surface area contributed by atoms with Crippen molar-refractivity contribution >= 4 is 17.9 Å². The number of nitrogens with zero attached hydrogens (tertiary/aromatic N) is 1. The number of ether oxygens (including phenoxy) is 1. The zero-order chi connectivity index (χ0) is 30.5. The number of hydrogen-bond acceptors (Lipinski definition) is 5. The molecule has 8 heteroatoms. The summed E-state index contributed by atoms with van der Waals surface area (Å²) < 4.78 is 5.50. The maximum absolute atomic E-state index is 14.6. The first-order valence-electron chi connectivity index (χ1n) is 13.8. The van der Waals surface area contributed by atoms with E-state index in [2.05, 4.69) is 10.6 Å². The normalized spacial score (nSPS) is 13.7. The van der Waals surface area contributed by atoms with Gasteiger partial charge in [-0.15, -0.1) is 0 Å². The van der Waals surface area contributed by atoms with Gasteiger partial charge >= 0.3 is 6.09 Å². The molecule has 0 aliphatic heterocycles. The predicted molar refractivity (Wildman–Crippen MR) is 158 cm³/mol. The highest BCUT2D eigenvalue weighted by atomic mass is 16.6. The Bertz CT molecular complexity index is 1160. The Hall–Kier alpha value is -3.55. The third-order valence-electron chi connectivity index (χ3n) is 6.52. The highest BCUT2D eigenvalue weighted by molar-refractivity contribution is 5.93. The van der Waals surface area contributed by atoms with Crippen molar-refractivity contribution in [3.63, 3.8) is 0 Å². The molecule has 3 amide bonds. The molecule has 2 atom stereocenters. The van der Waals surface area contributed by atoms with Gasteiger partial charge in [-0.2, -0.15) is 0 Å². The standard InChI is InChI=1S/C32H47N3O5/c1-11-32(9,10)35(26(27(37)34-30(3,4)5)23-16-12-21(2)13-17-23)28(38)25(33-29(39)40-31(6,7)8)20-22-14-18-24(36)19-15-22/h12-19,25-26,36H,11,20H2,1-10H3,(H,33,39)(H,34,37). The smallest absolute Gasteiger partial charge is 0.408 e. The van der Waals surface area contributed by atoms with Crippen molar-refractivity contribution in [3.05, 3.63) is 65.2 Å².